The third kappa shape index (κ3) is 4.50. The van der Waals surface area contributed by atoms with Crippen LogP contribution in [0.25, 0.3) is 10.2 Å². The summed E-state index contributed by atoms with van der Waals surface area (Å²) >= 11 is 1.16. The number of nitrogen functional groups attached to an aromatic ring is 1. The normalized spacial score (nSPS) is 10.8. The van der Waals surface area contributed by atoms with E-state index in [-0.39, 0.29) is 31.5 Å². The number of aryl methyl sites for hydroxylation is 1. The first-order valence-electron chi connectivity index (χ1n) is 9.29. The number of thiophene rings is 1. The lowest BCUT2D eigenvalue weighted by atomic mass is 10.2. The molecule has 0 saturated carbocycles. The summed E-state index contributed by atoms with van der Waals surface area (Å²) in [4.78, 5) is 34.2. The molecule has 0 bridgehead atoms. The monoisotopic (exact) mass is 430 g/mol. The van der Waals surface area contributed by atoms with Crippen molar-refractivity contribution in [3.8, 4) is 0 Å². The maximum atomic E-state index is 12.5. The summed E-state index contributed by atoms with van der Waals surface area (Å²) in [5, 5.41) is 12.5. The second kappa shape index (κ2) is 9.51. The lowest BCUT2D eigenvalue weighted by Gasteiger charge is -2.10. The van der Waals surface area contributed by atoms with Crippen LogP contribution in [0, 0.1) is 6.92 Å². The van der Waals surface area contributed by atoms with E-state index in [1.165, 1.54) is 0 Å². The molecule has 1 aromatic carbocycles. The molecule has 10 heteroatoms. The smallest absolute Gasteiger partial charge is 0.348 e. The number of anilines is 2. The second-order valence-electron chi connectivity index (χ2n) is 6.25. The van der Waals surface area contributed by atoms with Gasteiger partial charge in [0.2, 0.25) is 0 Å². The average molecular weight is 430 g/mol. The lowest BCUT2D eigenvalue weighted by Crippen LogP contribution is -2.13. The number of hydrogen-bond acceptors (Lipinski definition) is 10. The van der Waals surface area contributed by atoms with Crippen LogP contribution in [-0.2, 0) is 16.1 Å². The first-order valence-corrected chi connectivity index (χ1v) is 10.1. The predicted molar refractivity (Wildman–Crippen MR) is 114 cm³/mol. The van der Waals surface area contributed by atoms with E-state index in [9.17, 15) is 9.59 Å². The van der Waals surface area contributed by atoms with Gasteiger partial charge in [0, 0.05) is 12.2 Å². The van der Waals surface area contributed by atoms with Crippen LogP contribution in [0.5, 0.6) is 0 Å². The summed E-state index contributed by atoms with van der Waals surface area (Å²) < 4.78 is 10.4. The third-order valence-electron chi connectivity index (χ3n) is 4.23. The Morgan fingerprint density at radius 2 is 1.97 bits per heavy atom. The minimum Gasteiger partial charge on any atom is -0.462 e. The van der Waals surface area contributed by atoms with Crippen LogP contribution >= 0.6 is 11.3 Å². The zero-order chi connectivity index (χ0) is 21.7. The van der Waals surface area contributed by atoms with Crippen LogP contribution in [0.1, 0.15) is 38.3 Å². The number of fused-ring (bicyclic) bond motifs is 1. The van der Waals surface area contributed by atoms with E-state index in [1.54, 1.807) is 38.1 Å². The Morgan fingerprint density at radius 1 is 1.20 bits per heavy atom. The minimum absolute atomic E-state index is 0.0650. The molecule has 0 amide bonds. The molecule has 0 aliphatic heterocycles. The van der Waals surface area contributed by atoms with Crippen molar-refractivity contribution in [2.75, 3.05) is 30.8 Å². The molecule has 0 unspecified atom stereocenters. The zero-order valence-electron chi connectivity index (χ0n) is 16.6. The summed E-state index contributed by atoms with van der Waals surface area (Å²) in [5.41, 5.74) is 7.62. The number of nitrogens with two attached hydrogens (primary N) is 1. The Bertz CT molecular complexity index is 1080. The second-order valence-corrected chi connectivity index (χ2v) is 7.25. The van der Waals surface area contributed by atoms with Crippen LogP contribution in [0.3, 0.4) is 0 Å². The van der Waals surface area contributed by atoms with Gasteiger partial charge in [0.25, 0.3) is 0 Å². The molecule has 4 N–H and O–H groups in total. The number of nitrogens with zero attached hydrogens (tertiary/aromatic N) is 2. The number of carbonyl (C=O) groups is 2. The van der Waals surface area contributed by atoms with E-state index < -0.39 is 11.9 Å². The molecule has 0 aliphatic carbocycles. The fraction of sp³-hybridized carbons (Fsp3) is 0.300. The molecule has 0 saturated heterocycles. The largest absolute Gasteiger partial charge is 0.462 e. The number of aliphatic hydroxyl groups is 1. The fourth-order valence-electron chi connectivity index (χ4n) is 2.89. The number of aliphatic hydroxyl groups excluding tert-OH is 1. The number of ether oxygens (including phenoxy) is 2. The van der Waals surface area contributed by atoms with Gasteiger partial charge in [-0.05, 0) is 31.5 Å². The van der Waals surface area contributed by atoms with E-state index in [0.29, 0.717) is 38.5 Å². The van der Waals surface area contributed by atoms with E-state index in [4.69, 9.17) is 20.3 Å². The van der Waals surface area contributed by atoms with Crippen molar-refractivity contribution in [1.29, 1.82) is 0 Å². The Hall–Kier alpha value is -3.24. The average Bonchev–Trinajstić information content (AvgIpc) is 3.08. The van der Waals surface area contributed by atoms with Gasteiger partial charge >= 0.3 is 11.9 Å². The third-order valence-corrected chi connectivity index (χ3v) is 5.40. The molecule has 0 fully saturated rings. The molecular formula is C20H22N4O5S. The van der Waals surface area contributed by atoms with Crippen molar-refractivity contribution in [3.63, 3.8) is 0 Å². The maximum absolute atomic E-state index is 12.5. The van der Waals surface area contributed by atoms with Crippen molar-refractivity contribution in [1.82, 2.24) is 9.97 Å². The number of carbonyl (C=O) groups excluding carboxylic acids is 2. The van der Waals surface area contributed by atoms with Crippen LogP contribution in [0.4, 0.5) is 11.5 Å². The van der Waals surface area contributed by atoms with E-state index in [0.717, 1.165) is 11.3 Å². The number of aromatic nitrogens is 2. The zero-order valence-corrected chi connectivity index (χ0v) is 17.4. The summed E-state index contributed by atoms with van der Waals surface area (Å²) in [6, 6.07) is 6.83. The van der Waals surface area contributed by atoms with Crippen molar-refractivity contribution in [3.05, 3.63) is 46.1 Å². The molecular weight excluding hydrogens is 408 g/mol. The Balaban J connectivity index is 1.80. The first-order chi connectivity index (χ1) is 14.5. The lowest BCUT2D eigenvalue weighted by molar-refractivity contribution is 0.0462. The van der Waals surface area contributed by atoms with Gasteiger partial charge in [0.15, 0.2) is 12.4 Å². The van der Waals surface area contributed by atoms with Gasteiger partial charge in [0.1, 0.15) is 15.5 Å². The Kier molecular flexibility index (Phi) is 6.80. The predicted octanol–water partition coefficient (Wildman–Crippen LogP) is 2.52. The highest BCUT2D eigenvalue weighted by Crippen LogP contribution is 2.33. The Labute approximate surface area is 176 Å². The van der Waals surface area contributed by atoms with Crippen LogP contribution < -0.4 is 11.1 Å². The van der Waals surface area contributed by atoms with Crippen LogP contribution in [-0.4, -0.2) is 46.8 Å². The minimum atomic E-state index is -0.562. The SMILES string of the molecule is CCOC(=O)c1sc2nc(COC(=O)c3ccccc3NCCO)nc(N)c2c1C. The summed E-state index contributed by atoms with van der Waals surface area (Å²) in [7, 11) is 0. The van der Waals surface area contributed by atoms with E-state index in [2.05, 4.69) is 15.3 Å². The molecule has 3 rings (SSSR count). The first kappa shape index (κ1) is 21.5. The fourth-order valence-corrected chi connectivity index (χ4v) is 3.99. The standard InChI is InChI=1S/C20H22N4O5S/c1-3-28-20(27)16-11(2)15-17(21)23-14(24-18(15)30-16)10-29-19(26)12-6-4-5-7-13(12)22-8-9-25/h4-7,22,25H,3,8-10H2,1-2H3,(H2,21,23,24). The van der Waals surface area contributed by atoms with Gasteiger partial charge in [0.05, 0.1) is 24.2 Å². The molecule has 2 aromatic heterocycles. The number of rotatable bonds is 8. The van der Waals surface area contributed by atoms with Gasteiger partial charge < -0.3 is 25.6 Å². The number of esters is 2. The highest BCUT2D eigenvalue weighted by Gasteiger charge is 2.21. The van der Waals surface area contributed by atoms with E-state index >= 15 is 0 Å². The molecule has 3 aromatic rings. The topological polar surface area (TPSA) is 137 Å². The molecule has 0 spiro atoms. The number of benzene rings is 1. The van der Waals surface area contributed by atoms with E-state index in [1.807, 2.05) is 0 Å². The van der Waals surface area contributed by atoms with Gasteiger partial charge in [-0.25, -0.2) is 19.6 Å². The van der Waals surface area contributed by atoms with Crippen LogP contribution in [0.2, 0.25) is 0 Å². The molecule has 2 heterocycles. The van der Waals surface area contributed by atoms with Crippen molar-refractivity contribution in [2.45, 2.75) is 20.5 Å². The summed E-state index contributed by atoms with van der Waals surface area (Å²) in [5.74, 6) is -0.559. The van der Waals surface area contributed by atoms with Gasteiger partial charge in [-0.15, -0.1) is 11.3 Å². The maximum Gasteiger partial charge on any atom is 0.348 e. The quantitative estimate of drug-likeness (QED) is 0.460. The van der Waals surface area contributed by atoms with Crippen LogP contribution in [0.15, 0.2) is 24.3 Å². The highest BCUT2D eigenvalue weighted by atomic mass is 32.1. The summed E-state index contributed by atoms with van der Waals surface area (Å²) in [6.07, 6.45) is 0. The number of hydrogen-bond donors (Lipinski definition) is 3. The van der Waals surface area contributed by atoms with Crippen molar-refractivity contribution >= 4 is 45.0 Å². The summed E-state index contributed by atoms with van der Waals surface area (Å²) in [6.45, 7) is 3.83. The van der Waals surface area contributed by atoms with Gasteiger partial charge in [-0.1, -0.05) is 12.1 Å². The van der Waals surface area contributed by atoms with Crippen molar-refractivity contribution < 1.29 is 24.2 Å². The molecule has 158 valence electrons. The Morgan fingerprint density at radius 3 is 2.70 bits per heavy atom. The van der Waals surface area contributed by atoms with Gasteiger partial charge in [-0.2, -0.15) is 0 Å². The van der Waals surface area contributed by atoms with Gasteiger partial charge in [-0.3, -0.25) is 0 Å². The molecule has 30 heavy (non-hydrogen) atoms. The molecule has 0 aliphatic rings. The highest BCUT2D eigenvalue weighted by molar-refractivity contribution is 7.20. The number of para-hydroxylation sites is 1. The number of nitrogens with one attached hydrogen (secondary N) is 1. The van der Waals surface area contributed by atoms with Crippen molar-refractivity contribution in [2.24, 2.45) is 0 Å². The molecule has 0 radical (unpaired) electrons. The molecule has 9 nitrogen and oxygen atoms in total. The molecule has 0 atom stereocenters.